The van der Waals surface area contributed by atoms with Gasteiger partial charge >= 0.3 is 0 Å². The van der Waals surface area contributed by atoms with Gasteiger partial charge in [-0.05, 0) is 45.0 Å². The molecule has 1 atom stereocenters. The summed E-state index contributed by atoms with van der Waals surface area (Å²) in [5.74, 6) is 1.43. The number of benzene rings is 1. The maximum Gasteiger partial charge on any atom is 0.256 e. The van der Waals surface area contributed by atoms with Crippen LogP contribution in [0, 0.1) is 13.8 Å². The summed E-state index contributed by atoms with van der Waals surface area (Å²) in [5.41, 5.74) is 1.58. The number of nitrogens with zero attached hydrogens (tertiary/aromatic N) is 1. The van der Waals surface area contributed by atoms with Gasteiger partial charge in [0.15, 0.2) is 0 Å². The highest BCUT2D eigenvalue weighted by Crippen LogP contribution is 2.25. The van der Waals surface area contributed by atoms with E-state index in [4.69, 9.17) is 9.15 Å². The molecule has 6 heteroatoms. The number of carbonyl (C=O) groups excluding carboxylic acids is 1. The lowest BCUT2D eigenvalue weighted by Gasteiger charge is -2.10. The second-order valence-corrected chi connectivity index (χ2v) is 5.89. The second-order valence-electron chi connectivity index (χ2n) is 4.60. The van der Waals surface area contributed by atoms with Gasteiger partial charge in [0.2, 0.25) is 5.91 Å². The molecule has 21 heavy (non-hydrogen) atoms. The second kappa shape index (κ2) is 6.67. The highest BCUT2D eigenvalue weighted by atomic mass is 32.2. The van der Waals surface area contributed by atoms with Gasteiger partial charge in [0, 0.05) is 5.69 Å². The van der Waals surface area contributed by atoms with Gasteiger partial charge in [-0.2, -0.15) is 0 Å². The highest BCUT2D eigenvalue weighted by molar-refractivity contribution is 8.00. The van der Waals surface area contributed by atoms with E-state index in [1.54, 1.807) is 31.4 Å². The first-order valence-corrected chi connectivity index (χ1v) is 7.43. The molecule has 0 saturated carbocycles. The first-order valence-electron chi connectivity index (χ1n) is 6.55. The summed E-state index contributed by atoms with van der Waals surface area (Å²) in [6.45, 7) is 5.55. The Morgan fingerprint density at radius 1 is 1.33 bits per heavy atom. The average molecular weight is 306 g/mol. The van der Waals surface area contributed by atoms with Gasteiger partial charge in [0.1, 0.15) is 11.5 Å². The maximum atomic E-state index is 12.1. The van der Waals surface area contributed by atoms with Gasteiger partial charge in [-0.3, -0.25) is 4.79 Å². The molecule has 1 aromatic carbocycles. The summed E-state index contributed by atoms with van der Waals surface area (Å²) in [5, 5.41) is 3.06. The Labute approximate surface area is 128 Å². The Kier molecular flexibility index (Phi) is 4.90. The van der Waals surface area contributed by atoms with Gasteiger partial charge in [-0.1, -0.05) is 11.8 Å². The molecular weight excluding hydrogens is 288 g/mol. The third-order valence-corrected chi connectivity index (χ3v) is 3.96. The molecule has 0 saturated heterocycles. The quantitative estimate of drug-likeness (QED) is 0.857. The van der Waals surface area contributed by atoms with E-state index in [-0.39, 0.29) is 11.2 Å². The third-order valence-electron chi connectivity index (χ3n) is 3.01. The van der Waals surface area contributed by atoms with E-state index < -0.39 is 0 Å². The Morgan fingerprint density at radius 3 is 2.52 bits per heavy atom. The number of hydrogen-bond acceptors (Lipinski definition) is 5. The number of hydrogen-bond donors (Lipinski definition) is 1. The van der Waals surface area contributed by atoms with Crippen molar-refractivity contribution in [2.45, 2.75) is 31.2 Å². The van der Waals surface area contributed by atoms with Crippen molar-refractivity contribution in [3.05, 3.63) is 35.7 Å². The molecule has 1 N–H and O–H groups in total. The van der Waals surface area contributed by atoms with Crippen LogP contribution in [0.3, 0.4) is 0 Å². The van der Waals surface area contributed by atoms with Crippen LogP contribution in [0.25, 0.3) is 0 Å². The number of aryl methyl sites for hydroxylation is 2. The molecule has 0 radical (unpaired) electrons. The topological polar surface area (TPSA) is 64.4 Å². The van der Waals surface area contributed by atoms with E-state index in [0.717, 1.165) is 22.9 Å². The lowest BCUT2D eigenvalue weighted by molar-refractivity contribution is -0.115. The molecule has 0 aliphatic carbocycles. The molecule has 1 aromatic heterocycles. The van der Waals surface area contributed by atoms with Crippen LogP contribution in [0.15, 0.2) is 33.9 Å². The Morgan fingerprint density at radius 2 is 2.00 bits per heavy atom. The van der Waals surface area contributed by atoms with Crippen molar-refractivity contribution in [2.24, 2.45) is 0 Å². The number of anilines is 1. The highest BCUT2D eigenvalue weighted by Gasteiger charge is 2.18. The molecule has 0 bridgehead atoms. The van der Waals surface area contributed by atoms with E-state index in [0.29, 0.717) is 5.22 Å². The molecule has 0 aliphatic rings. The minimum absolute atomic E-state index is 0.0985. The summed E-state index contributed by atoms with van der Waals surface area (Å²) < 4.78 is 10.5. The zero-order chi connectivity index (χ0) is 15.4. The predicted molar refractivity (Wildman–Crippen MR) is 82.9 cm³/mol. The van der Waals surface area contributed by atoms with E-state index in [9.17, 15) is 4.79 Å². The van der Waals surface area contributed by atoms with E-state index in [1.165, 1.54) is 11.8 Å². The van der Waals surface area contributed by atoms with Crippen LogP contribution < -0.4 is 10.1 Å². The van der Waals surface area contributed by atoms with Crippen molar-refractivity contribution < 1.29 is 13.9 Å². The lowest BCUT2D eigenvalue weighted by Crippen LogP contribution is -2.22. The molecule has 1 unspecified atom stereocenters. The summed E-state index contributed by atoms with van der Waals surface area (Å²) in [6, 6.07) is 7.20. The van der Waals surface area contributed by atoms with Crippen LogP contribution in [0.2, 0.25) is 0 Å². The predicted octanol–water partition coefficient (Wildman–Crippen LogP) is 3.42. The molecule has 112 valence electrons. The molecule has 0 spiro atoms. The number of amides is 1. The minimum atomic E-state index is -0.301. The zero-order valence-electron chi connectivity index (χ0n) is 12.5. The smallest absolute Gasteiger partial charge is 0.256 e. The number of rotatable bonds is 5. The number of carbonyl (C=O) groups is 1. The average Bonchev–Trinajstić information content (AvgIpc) is 2.78. The molecule has 1 amide bonds. The molecule has 1 heterocycles. The molecular formula is C15H18N2O3S. The van der Waals surface area contributed by atoms with Crippen molar-refractivity contribution in [2.75, 3.05) is 12.4 Å². The Hall–Kier alpha value is -1.95. The lowest BCUT2D eigenvalue weighted by atomic mass is 10.3. The van der Waals surface area contributed by atoms with Crippen LogP contribution in [0.1, 0.15) is 18.4 Å². The number of ether oxygens (including phenoxy) is 1. The van der Waals surface area contributed by atoms with Gasteiger partial charge in [0.25, 0.3) is 5.22 Å². The first-order chi connectivity index (χ1) is 9.99. The van der Waals surface area contributed by atoms with Crippen molar-refractivity contribution in [1.29, 1.82) is 0 Å². The fourth-order valence-electron chi connectivity index (χ4n) is 1.62. The standard InChI is InChI=1S/C15H18N2O3S/c1-9-10(2)20-15(16-9)21-11(3)14(18)17-12-5-7-13(19-4)8-6-12/h5-8,11H,1-4H3,(H,17,18). The van der Waals surface area contributed by atoms with Gasteiger partial charge in [0.05, 0.1) is 18.1 Å². The van der Waals surface area contributed by atoms with Crippen LogP contribution in [0.5, 0.6) is 5.75 Å². The van der Waals surface area contributed by atoms with E-state index >= 15 is 0 Å². The number of thioether (sulfide) groups is 1. The summed E-state index contributed by atoms with van der Waals surface area (Å²) in [6.07, 6.45) is 0. The number of methoxy groups -OCH3 is 1. The molecule has 2 aromatic rings. The van der Waals surface area contributed by atoms with Crippen molar-refractivity contribution in [3.8, 4) is 5.75 Å². The summed E-state index contributed by atoms with van der Waals surface area (Å²) in [7, 11) is 1.60. The third kappa shape index (κ3) is 4.01. The Balaban J connectivity index is 1.95. The number of nitrogens with one attached hydrogen (secondary N) is 1. The molecule has 2 rings (SSSR count). The number of oxazole rings is 1. The minimum Gasteiger partial charge on any atom is -0.497 e. The fourth-order valence-corrected chi connectivity index (χ4v) is 2.45. The SMILES string of the molecule is COc1ccc(NC(=O)C(C)Sc2nc(C)c(C)o2)cc1. The first kappa shape index (κ1) is 15.4. The monoisotopic (exact) mass is 306 g/mol. The fraction of sp³-hybridized carbons (Fsp3) is 0.333. The Bertz CT molecular complexity index is 603. The van der Waals surface area contributed by atoms with Gasteiger partial charge in [-0.15, -0.1) is 0 Å². The molecule has 0 aliphatic heterocycles. The van der Waals surface area contributed by atoms with E-state index in [2.05, 4.69) is 10.3 Å². The summed E-state index contributed by atoms with van der Waals surface area (Å²) in [4.78, 5) is 16.4. The summed E-state index contributed by atoms with van der Waals surface area (Å²) >= 11 is 1.30. The van der Waals surface area contributed by atoms with Crippen molar-refractivity contribution in [1.82, 2.24) is 4.98 Å². The van der Waals surface area contributed by atoms with Crippen molar-refractivity contribution >= 4 is 23.4 Å². The zero-order valence-corrected chi connectivity index (χ0v) is 13.3. The maximum absolute atomic E-state index is 12.1. The normalized spacial score (nSPS) is 12.0. The van der Waals surface area contributed by atoms with Gasteiger partial charge < -0.3 is 14.5 Å². The van der Waals surface area contributed by atoms with Gasteiger partial charge in [-0.25, -0.2) is 4.98 Å². The molecule has 0 fully saturated rings. The van der Waals surface area contributed by atoms with Crippen LogP contribution >= 0.6 is 11.8 Å². The van der Waals surface area contributed by atoms with E-state index in [1.807, 2.05) is 20.8 Å². The largest absolute Gasteiger partial charge is 0.497 e. The number of aromatic nitrogens is 1. The van der Waals surface area contributed by atoms with Crippen LogP contribution in [-0.4, -0.2) is 23.3 Å². The van der Waals surface area contributed by atoms with Crippen LogP contribution in [0.4, 0.5) is 5.69 Å². The molecule has 5 nitrogen and oxygen atoms in total. The van der Waals surface area contributed by atoms with Crippen molar-refractivity contribution in [3.63, 3.8) is 0 Å². The van der Waals surface area contributed by atoms with Crippen LogP contribution in [-0.2, 0) is 4.79 Å².